The van der Waals surface area contributed by atoms with E-state index in [4.69, 9.17) is 4.74 Å². The zero-order chi connectivity index (χ0) is 13.1. The molecule has 1 aromatic rings. The number of Topliss-reactive ketones (excluding diaryl/α,β-unsaturated/α-hetero) is 1. The van der Waals surface area contributed by atoms with Gasteiger partial charge in [-0.05, 0) is 35.7 Å². The SMILES string of the molecule is CCCn1ncc(Br)c1C(=O)C(C)(CC)OC. The predicted molar refractivity (Wildman–Crippen MR) is 70.3 cm³/mol. The standard InChI is InChI=1S/C12H19BrN2O2/c1-5-7-15-10(9(13)8-14-15)11(16)12(3,6-2)17-4/h8H,5-7H2,1-4H3. The van der Waals surface area contributed by atoms with Crippen LogP contribution >= 0.6 is 15.9 Å². The lowest BCUT2D eigenvalue weighted by molar-refractivity contribution is 0.00961. The summed E-state index contributed by atoms with van der Waals surface area (Å²) in [7, 11) is 1.57. The Kier molecular flexibility index (Phi) is 4.89. The average molecular weight is 303 g/mol. The Labute approximate surface area is 110 Å². The molecular formula is C12H19BrN2O2. The molecule has 0 saturated heterocycles. The zero-order valence-electron chi connectivity index (χ0n) is 10.8. The quantitative estimate of drug-likeness (QED) is 0.759. The van der Waals surface area contributed by atoms with E-state index < -0.39 is 5.60 Å². The number of rotatable bonds is 6. The lowest BCUT2D eigenvalue weighted by atomic mass is 9.95. The van der Waals surface area contributed by atoms with Gasteiger partial charge in [0.2, 0.25) is 5.78 Å². The second-order valence-electron chi connectivity index (χ2n) is 4.18. The van der Waals surface area contributed by atoms with Gasteiger partial charge in [0, 0.05) is 13.7 Å². The molecule has 0 N–H and O–H groups in total. The number of aromatic nitrogens is 2. The summed E-state index contributed by atoms with van der Waals surface area (Å²) in [5.74, 6) is -0.0275. The molecule has 0 aliphatic carbocycles. The van der Waals surface area contributed by atoms with Crippen LogP contribution in [0.5, 0.6) is 0 Å². The highest BCUT2D eigenvalue weighted by molar-refractivity contribution is 9.10. The van der Waals surface area contributed by atoms with Crippen molar-refractivity contribution in [3.63, 3.8) is 0 Å². The molecule has 0 radical (unpaired) electrons. The summed E-state index contributed by atoms with van der Waals surface area (Å²) in [6.45, 7) is 6.54. The van der Waals surface area contributed by atoms with Crippen LogP contribution in [0.4, 0.5) is 0 Å². The van der Waals surface area contributed by atoms with E-state index in [0.717, 1.165) is 17.4 Å². The van der Waals surface area contributed by atoms with E-state index in [0.29, 0.717) is 12.1 Å². The third-order valence-corrected chi connectivity index (χ3v) is 3.63. The summed E-state index contributed by atoms with van der Waals surface area (Å²) in [5, 5.41) is 4.20. The van der Waals surface area contributed by atoms with Gasteiger partial charge in [-0.2, -0.15) is 5.10 Å². The molecular weight excluding hydrogens is 284 g/mol. The maximum atomic E-state index is 12.5. The molecule has 0 saturated carbocycles. The number of halogens is 1. The van der Waals surface area contributed by atoms with Crippen molar-refractivity contribution in [3.05, 3.63) is 16.4 Å². The van der Waals surface area contributed by atoms with E-state index in [-0.39, 0.29) is 5.78 Å². The molecule has 17 heavy (non-hydrogen) atoms. The molecule has 4 nitrogen and oxygen atoms in total. The lowest BCUT2D eigenvalue weighted by Crippen LogP contribution is -2.38. The van der Waals surface area contributed by atoms with Crippen LogP contribution in [0.2, 0.25) is 0 Å². The summed E-state index contributed by atoms with van der Waals surface area (Å²) in [4.78, 5) is 12.5. The van der Waals surface area contributed by atoms with E-state index in [1.54, 1.807) is 18.0 Å². The van der Waals surface area contributed by atoms with Gasteiger partial charge in [0.25, 0.3) is 0 Å². The van der Waals surface area contributed by atoms with Crippen molar-refractivity contribution in [3.8, 4) is 0 Å². The van der Waals surface area contributed by atoms with Crippen LogP contribution in [-0.2, 0) is 11.3 Å². The number of aryl methyl sites for hydroxylation is 1. The fraction of sp³-hybridized carbons (Fsp3) is 0.667. The molecule has 0 fully saturated rings. The third kappa shape index (κ3) is 2.77. The summed E-state index contributed by atoms with van der Waals surface area (Å²) in [6, 6.07) is 0. The Bertz CT molecular complexity index is 397. The summed E-state index contributed by atoms with van der Waals surface area (Å²) >= 11 is 3.38. The molecule has 0 aliphatic heterocycles. The van der Waals surface area contributed by atoms with Gasteiger partial charge >= 0.3 is 0 Å². The van der Waals surface area contributed by atoms with Crippen LogP contribution in [-0.4, -0.2) is 28.3 Å². The van der Waals surface area contributed by atoms with Crippen LogP contribution in [0.15, 0.2) is 10.7 Å². The van der Waals surface area contributed by atoms with Gasteiger partial charge in [0.05, 0.1) is 10.7 Å². The molecule has 0 amide bonds. The number of nitrogens with zero attached hydrogens (tertiary/aromatic N) is 2. The Morgan fingerprint density at radius 3 is 2.71 bits per heavy atom. The largest absolute Gasteiger partial charge is 0.370 e. The number of hydrogen-bond donors (Lipinski definition) is 0. The Balaban J connectivity index is 3.15. The summed E-state index contributed by atoms with van der Waals surface area (Å²) in [6.07, 6.45) is 3.23. The number of carbonyl (C=O) groups excluding carboxylic acids is 1. The molecule has 0 spiro atoms. The minimum absolute atomic E-state index is 0.0275. The van der Waals surface area contributed by atoms with Gasteiger partial charge in [-0.25, -0.2) is 0 Å². The van der Waals surface area contributed by atoms with Gasteiger partial charge in [-0.1, -0.05) is 13.8 Å². The van der Waals surface area contributed by atoms with E-state index in [1.165, 1.54) is 0 Å². The summed E-state index contributed by atoms with van der Waals surface area (Å²) < 4.78 is 7.81. The second-order valence-corrected chi connectivity index (χ2v) is 5.04. The van der Waals surface area contributed by atoms with Gasteiger partial charge < -0.3 is 4.74 Å². The molecule has 1 heterocycles. The highest BCUT2D eigenvalue weighted by Crippen LogP contribution is 2.25. The highest BCUT2D eigenvalue weighted by Gasteiger charge is 2.35. The molecule has 5 heteroatoms. The maximum absolute atomic E-state index is 12.5. The number of hydrogen-bond acceptors (Lipinski definition) is 3. The fourth-order valence-corrected chi connectivity index (χ4v) is 2.09. The minimum Gasteiger partial charge on any atom is -0.370 e. The van der Waals surface area contributed by atoms with E-state index >= 15 is 0 Å². The third-order valence-electron chi connectivity index (χ3n) is 3.05. The number of ether oxygens (including phenoxy) is 1. The number of methoxy groups -OCH3 is 1. The number of carbonyl (C=O) groups is 1. The first-order chi connectivity index (χ1) is 8.00. The summed E-state index contributed by atoms with van der Waals surface area (Å²) in [5.41, 5.74) is -0.188. The predicted octanol–water partition coefficient (Wildman–Crippen LogP) is 3.05. The van der Waals surface area contributed by atoms with Crippen molar-refractivity contribution in [2.45, 2.75) is 45.8 Å². The van der Waals surface area contributed by atoms with Crippen LogP contribution in [0.3, 0.4) is 0 Å². The normalized spacial score (nSPS) is 14.6. The topological polar surface area (TPSA) is 44.1 Å². The molecule has 1 unspecified atom stereocenters. The molecule has 0 aliphatic rings. The van der Waals surface area contributed by atoms with Crippen LogP contribution in [0.25, 0.3) is 0 Å². The Morgan fingerprint density at radius 1 is 1.59 bits per heavy atom. The molecule has 0 aromatic carbocycles. The van der Waals surface area contributed by atoms with Crippen molar-refractivity contribution in [2.24, 2.45) is 0 Å². The van der Waals surface area contributed by atoms with E-state index in [2.05, 4.69) is 28.0 Å². The zero-order valence-corrected chi connectivity index (χ0v) is 12.4. The Morgan fingerprint density at radius 2 is 2.24 bits per heavy atom. The highest BCUT2D eigenvalue weighted by atomic mass is 79.9. The van der Waals surface area contributed by atoms with Crippen LogP contribution in [0, 0.1) is 0 Å². The van der Waals surface area contributed by atoms with Crippen LogP contribution < -0.4 is 0 Å². The number of ketones is 1. The minimum atomic E-state index is -0.784. The van der Waals surface area contributed by atoms with Gasteiger partial charge in [0.15, 0.2) is 0 Å². The first-order valence-electron chi connectivity index (χ1n) is 5.81. The van der Waals surface area contributed by atoms with Crippen molar-refractivity contribution in [1.82, 2.24) is 9.78 Å². The molecule has 1 atom stereocenters. The monoisotopic (exact) mass is 302 g/mol. The fourth-order valence-electron chi connectivity index (χ4n) is 1.62. The Hall–Kier alpha value is -0.680. The van der Waals surface area contributed by atoms with Gasteiger partial charge in [-0.3, -0.25) is 9.48 Å². The van der Waals surface area contributed by atoms with Crippen molar-refractivity contribution in [2.75, 3.05) is 7.11 Å². The van der Waals surface area contributed by atoms with Gasteiger partial charge in [-0.15, -0.1) is 0 Å². The molecule has 1 rings (SSSR count). The second kappa shape index (κ2) is 5.78. The first-order valence-corrected chi connectivity index (χ1v) is 6.60. The van der Waals surface area contributed by atoms with E-state index in [1.807, 2.05) is 13.8 Å². The maximum Gasteiger partial charge on any atom is 0.213 e. The lowest BCUT2D eigenvalue weighted by Gasteiger charge is -2.25. The average Bonchev–Trinajstić information content (AvgIpc) is 2.69. The van der Waals surface area contributed by atoms with Crippen LogP contribution in [0.1, 0.15) is 44.1 Å². The van der Waals surface area contributed by atoms with Crippen molar-refractivity contribution >= 4 is 21.7 Å². The molecule has 1 aromatic heterocycles. The smallest absolute Gasteiger partial charge is 0.213 e. The van der Waals surface area contributed by atoms with E-state index in [9.17, 15) is 4.79 Å². The molecule has 0 bridgehead atoms. The first kappa shape index (κ1) is 14.4. The van der Waals surface area contributed by atoms with Crippen molar-refractivity contribution in [1.29, 1.82) is 0 Å². The molecule has 96 valence electrons. The van der Waals surface area contributed by atoms with Crippen molar-refractivity contribution < 1.29 is 9.53 Å². The van der Waals surface area contributed by atoms with Gasteiger partial charge in [0.1, 0.15) is 11.3 Å².